The van der Waals surface area contributed by atoms with Crippen LogP contribution in [0.15, 0.2) is 27.5 Å². The lowest BCUT2D eigenvalue weighted by atomic mass is 9.88. The number of hydrogen-bond donors (Lipinski definition) is 3. The van der Waals surface area contributed by atoms with Crippen molar-refractivity contribution < 1.29 is 14.5 Å². The molecule has 2 rings (SSSR count). The fraction of sp³-hybridized carbons (Fsp3) is 0. The molecule has 3 N–H and O–H groups in total. The Morgan fingerprint density at radius 2 is 2.23 bits per heavy atom. The maximum Gasteiger partial charge on any atom is 0.526 e. The van der Waals surface area contributed by atoms with Gasteiger partial charge >= 0.3 is 7.12 Å². The predicted octanol–water partition coefficient (Wildman–Crippen LogP) is -1.20. The Hall–Kier alpha value is -1.53. The number of nitrogens with one attached hydrogen (secondary N) is 1. The van der Waals surface area contributed by atoms with Crippen molar-refractivity contribution in [2.45, 2.75) is 0 Å². The summed E-state index contributed by atoms with van der Waals surface area (Å²) < 4.78 is 4.99. The molecule has 0 aliphatic rings. The van der Waals surface area contributed by atoms with Crippen LogP contribution in [0.25, 0.3) is 11.0 Å². The van der Waals surface area contributed by atoms with Crippen LogP contribution in [0, 0.1) is 0 Å². The molecule has 2 aromatic heterocycles. The van der Waals surface area contributed by atoms with Crippen LogP contribution >= 0.6 is 0 Å². The van der Waals surface area contributed by atoms with Crippen molar-refractivity contribution in [2.75, 3.05) is 0 Å². The van der Waals surface area contributed by atoms with Crippen LogP contribution in [0.5, 0.6) is 0 Å². The number of aromatic nitrogens is 1. The molecular weight excluding hydrogens is 173 g/mol. The van der Waals surface area contributed by atoms with Crippen molar-refractivity contribution >= 4 is 23.7 Å². The summed E-state index contributed by atoms with van der Waals surface area (Å²) in [6.45, 7) is 0. The quantitative estimate of drug-likeness (QED) is 0.480. The topological polar surface area (TPSA) is 86.5 Å². The largest absolute Gasteiger partial charge is 0.526 e. The minimum Gasteiger partial charge on any atom is -0.464 e. The first-order valence-corrected chi connectivity index (χ1v) is 3.66. The van der Waals surface area contributed by atoms with Crippen LogP contribution in [0.4, 0.5) is 0 Å². The van der Waals surface area contributed by atoms with E-state index in [1.165, 1.54) is 12.3 Å². The van der Waals surface area contributed by atoms with E-state index in [1.807, 2.05) is 0 Å². The Labute approximate surface area is 72.8 Å². The highest BCUT2D eigenvalue weighted by Crippen LogP contribution is 2.06. The maximum absolute atomic E-state index is 11.1. The SMILES string of the molecule is O=c1[nH]ccc2oc(B(O)O)cc12. The molecule has 2 heterocycles. The van der Waals surface area contributed by atoms with E-state index >= 15 is 0 Å². The number of aromatic amines is 1. The Morgan fingerprint density at radius 3 is 2.85 bits per heavy atom. The van der Waals surface area contributed by atoms with E-state index in [9.17, 15) is 4.79 Å². The molecule has 0 fully saturated rings. The van der Waals surface area contributed by atoms with E-state index in [4.69, 9.17) is 14.5 Å². The Morgan fingerprint density at radius 1 is 1.46 bits per heavy atom. The minimum atomic E-state index is -1.69. The van der Waals surface area contributed by atoms with Gasteiger partial charge in [-0.25, -0.2) is 0 Å². The lowest BCUT2D eigenvalue weighted by Crippen LogP contribution is -2.28. The highest BCUT2D eigenvalue weighted by atomic mass is 16.4. The lowest BCUT2D eigenvalue weighted by Gasteiger charge is -1.88. The second kappa shape index (κ2) is 2.76. The number of furan rings is 1. The maximum atomic E-state index is 11.1. The zero-order chi connectivity index (χ0) is 9.42. The summed E-state index contributed by atoms with van der Waals surface area (Å²) in [6, 6.07) is 2.85. The minimum absolute atomic E-state index is 0.0355. The second-order valence-corrected chi connectivity index (χ2v) is 2.61. The Bertz CT molecular complexity index is 486. The third kappa shape index (κ3) is 1.26. The first kappa shape index (κ1) is 8.09. The van der Waals surface area contributed by atoms with E-state index in [-0.39, 0.29) is 11.2 Å². The summed E-state index contributed by atoms with van der Waals surface area (Å²) >= 11 is 0. The van der Waals surface area contributed by atoms with Gasteiger partial charge in [-0.2, -0.15) is 0 Å². The average Bonchev–Trinajstić information content (AvgIpc) is 2.49. The van der Waals surface area contributed by atoms with Gasteiger partial charge in [0.25, 0.3) is 5.56 Å². The molecule has 2 aromatic rings. The molecule has 0 spiro atoms. The highest BCUT2D eigenvalue weighted by Gasteiger charge is 2.17. The van der Waals surface area contributed by atoms with E-state index in [1.54, 1.807) is 6.07 Å². The molecule has 0 aromatic carbocycles. The number of fused-ring (bicyclic) bond motifs is 1. The monoisotopic (exact) mass is 179 g/mol. The first-order chi connectivity index (χ1) is 6.18. The number of pyridine rings is 1. The molecule has 66 valence electrons. The van der Waals surface area contributed by atoms with Crippen LogP contribution in [-0.2, 0) is 0 Å². The molecule has 6 heteroatoms. The van der Waals surface area contributed by atoms with Gasteiger partial charge in [0, 0.05) is 6.20 Å². The standard InChI is InChI=1S/C7H6BNO4/c10-7-4-3-6(8(11)12)13-5(4)1-2-9-7/h1-3,11-12H,(H,9,10). The van der Waals surface area contributed by atoms with Crippen molar-refractivity contribution in [3.63, 3.8) is 0 Å². The van der Waals surface area contributed by atoms with Crippen LogP contribution in [-0.4, -0.2) is 22.2 Å². The summed E-state index contributed by atoms with van der Waals surface area (Å²) in [6.07, 6.45) is 1.43. The summed E-state index contributed by atoms with van der Waals surface area (Å²) in [5, 5.41) is 17.8. The van der Waals surface area contributed by atoms with Crippen LogP contribution in [0.1, 0.15) is 0 Å². The van der Waals surface area contributed by atoms with Crippen molar-refractivity contribution in [3.8, 4) is 0 Å². The molecule has 0 aliphatic heterocycles. The van der Waals surface area contributed by atoms with Gasteiger partial charge in [0.05, 0.1) is 5.39 Å². The second-order valence-electron chi connectivity index (χ2n) is 2.61. The van der Waals surface area contributed by atoms with Crippen LogP contribution in [0.2, 0.25) is 0 Å². The van der Waals surface area contributed by atoms with Gasteiger partial charge in [-0.15, -0.1) is 0 Å². The van der Waals surface area contributed by atoms with E-state index in [0.29, 0.717) is 11.0 Å². The van der Waals surface area contributed by atoms with Gasteiger partial charge in [0.2, 0.25) is 0 Å². The van der Waals surface area contributed by atoms with Gasteiger partial charge in [0.15, 0.2) is 0 Å². The van der Waals surface area contributed by atoms with Gasteiger partial charge in [-0.1, -0.05) is 0 Å². The zero-order valence-electron chi connectivity index (χ0n) is 6.52. The molecule has 0 saturated heterocycles. The van der Waals surface area contributed by atoms with Crippen LogP contribution < -0.4 is 11.2 Å². The van der Waals surface area contributed by atoms with Crippen molar-refractivity contribution in [2.24, 2.45) is 0 Å². The average molecular weight is 179 g/mol. The first-order valence-electron chi connectivity index (χ1n) is 3.66. The molecule has 0 bridgehead atoms. The normalized spacial score (nSPS) is 10.6. The fourth-order valence-electron chi connectivity index (χ4n) is 1.12. The van der Waals surface area contributed by atoms with Gasteiger partial charge in [-0.3, -0.25) is 4.79 Å². The third-order valence-electron chi connectivity index (χ3n) is 1.73. The summed E-state index contributed by atoms with van der Waals surface area (Å²) in [5.74, 6) is 0. The Kier molecular flexibility index (Phi) is 1.71. The Balaban J connectivity index is 2.76. The number of H-pyrrole nitrogens is 1. The summed E-state index contributed by atoms with van der Waals surface area (Å²) in [5.41, 5.74) is -0.00769. The van der Waals surface area contributed by atoms with Gasteiger partial charge < -0.3 is 19.4 Å². The molecule has 5 nitrogen and oxygen atoms in total. The third-order valence-corrected chi connectivity index (χ3v) is 1.73. The predicted molar refractivity (Wildman–Crippen MR) is 46.7 cm³/mol. The molecule has 0 atom stereocenters. The molecule has 0 aliphatic carbocycles. The van der Waals surface area contributed by atoms with Crippen molar-refractivity contribution in [1.29, 1.82) is 0 Å². The molecule has 0 saturated carbocycles. The summed E-state index contributed by atoms with van der Waals surface area (Å²) in [7, 11) is -1.69. The number of rotatable bonds is 1. The zero-order valence-corrected chi connectivity index (χ0v) is 6.52. The smallest absolute Gasteiger partial charge is 0.464 e. The molecular formula is C7H6BNO4. The molecule has 0 radical (unpaired) electrons. The van der Waals surface area contributed by atoms with E-state index < -0.39 is 7.12 Å². The number of hydrogen-bond acceptors (Lipinski definition) is 4. The van der Waals surface area contributed by atoms with Crippen molar-refractivity contribution in [1.82, 2.24) is 4.98 Å². The van der Waals surface area contributed by atoms with E-state index in [2.05, 4.69) is 4.98 Å². The van der Waals surface area contributed by atoms with E-state index in [0.717, 1.165) is 0 Å². The van der Waals surface area contributed by atoms with Gasteiger partial charge in [-0.05, 0) is 12.1 Å². The van der Waals surface area contributed by atoms with Crippen molar-refractivity contribution in [3.05, 3.63) is 28.7 Å². The molecule has 0 amide bonds. The lowest BCUT2D eigenvalue weighted by molar-refractivity contribution is 0.412. The molecule has 0 unspecified atom stereocenters. The highest BCUT2D eigenvalue weighted by molar-refractivity contribution is 6.57. The molecule has 13 heavy (non-hydrogen) atoms. The fourth-order valence-corrected chi connectivity index (χ4v) is 1.12. The van der Waals surface area contributed by atoms with Crippen LogP contribution in [0.3, 0.4) is 0 Å². The van der Waals surface area contributed by atoms with Gasteiger partial charge in [0.1, 0.15) is 11.2 Å². The summed E-state index contributed by atoms with van der Waals surface area (Å²) in [4.78, 5) is 13.6.